The van der Waals surface area contributed by atoms with Crippen LogP contribution in [0.2, 0.25) is 19.6 Å². The van der Waals surface area contributed by atoms with Crippen molar-refractivity contribution in [3.05, 3.63) is 30.3 Å². The van der Waals surface area contributed by atoms with Crippen LogP contribution in [0.15, 0.2) is 30.3 Å². The van der Waals surface area contributed by atoms with Gasteiger partial charge in [-0.2, -0.15) is 0 Å². The van der Waals surface area contributed by atoms with Gasteiger partial charge in [-0.3, -0.25) is 0 Å². The molecule has 2 heteroatoms. The second-order valence-electron chi connectivity index (χ2n) is 3.74. The Balaban J connectivity index is 2.66. The minimum absolute atomic E-state index is 0.870. The van der Waals surface area contributed by atoms with Crippen LogP contribution in [0.1, 0.15) is 0 Å². The lowest BCUT2D eigenvalue weighted by atomic mass is 10.4. The van der Waals surface area contributed by atoms with Crippen molar-refractivity contribution in [1.82, 2.24) is 0 Å². The zero-order valence-electron chi connectivity index (χ0n) is 7.39. The van der Waals surface area contributed by atoms with E-state index in [1.165, 1.54) is 5.19 Å². The van der Waals surface area contributed by atoms with E-state index >= 15 is 0 Å². The number of benzene rings is 1. The highest BCUT2D eigenvalue weighted by Crippen LogP contribution is 1.97. The fourth-order valence-corrected chi connectivity index (χ4v) is 5.28. The van der Waals surface area contributed by atoms with E-state index in [-0.39, 0.29) is 0 Å². The summed E-state index contributed by atoms with van der Waals surface area (Å²) in [4.78, 5) is 0. The first-order chi connectivity index (χ1) is 5.08. The summed E-state index contributed by atoms with van der Waals surface area (Å²) in [5.74, 6) is 0. The highest BCUT2D eigenvalue weighted by atomic mass is 29.2. The molecule has 59 valence electrons. The summed E-state index contributed by atoms with van der Waals surface area (Å²) in [6.45, 7) is 7.25. The third-order valence-corrected chi connectivity index (χ3v) is 5.78. The van der Waals surface area contributed by atoms with Gasteiger partial charge in [0.25, 0.3) is 0 Å². The molecule has 1 aromatic carbocycles. The zero-order valence-corrected chi connectivity index (χ0v) is 9.39. The molecule has 0 atom stereocenters. The fraction of sp³-hybridized carbons (Fsp3) is 0.333. The van der Waals surface area contributed by atoms with E-state index < -0.39 is 7.59 Å². The minimum atomic E-state index is -0.870. The van der Waals surface area contributed by atoms with E-state index in [1.54, 1.807) is 0 Å². The first-order valence-corrected chi connectivity index (χ1v) is 9.41. The Morgan fingerprint density at radius 1 is 1.00 bits per heavy atom. The lowest BCUT2D eigenvalue weighted by Gasteiger charge is -2.32. The molecule has 0 fully saturated rings. The Bertz CT molecular complexity index is 211. The van der Waals surface area contributed by atoms with E-state index in [0.717, 1.165) is 9.04 Å². The van der Waals surface area contributed by atoms with E-state index in [0.29, 0.717) is 0 Å². The van der Waals surface area contributed by atoms with Crippen molar-refractivity contribution in [1.29, 1.82) is 0 Å². The molecule has 1 rings (SSSR count). The molecule has 11 heavy (non-hydrogen) atoms. The molecule has 0 unspecified atom stereocenters. The topological polar surface area (TPSA) is 0 Å². The Kier molecular flexibility index (Phi) is 2.68. The van der Waals surface area contributed by atoms with Crippen LogP contribution in [0.5, 0.6) is 0 Å². The summed E-state index contributed by atoms with van der Waals surface area (Å²) in [5, 5.41) is 1.52. The minimum Gasteiger partial charge on any atom is -0.434 e. The van der Waals surface area contributed by atoms with Crippen LogP contribution in [0, 0.1) is 0 Å². The van der Waals surface area contributed by atoms with Crippen LogP contribution in [-0.4, -0.2) is 16.6 Å². The average Bonchev–Trinajstić information content (AvgIpc) is 1.85. The number of hydrogen-bond donors (Lipinski definition) is 0. The van der Waals surface area contributed by atoms with Gasteiger partial charge < -0.3 is 9.04 Å². The Morgan fingerprint density at radius 3 is 2.00 bits per heavy atom. The third kappa shape index (κ3) is 3.53. The lowest BCUT2D eigenvalue weighted by Crippen LogP contribution is -2.38. The quantitative estimate of drug-likeness (QED) is 0.606. The molecule has 1 radical (unpaired) electrons. The molecular weight excluding hydrogens is 164 g/mol. The lowest BCUT2D eigenvalue weighted by molar-refractivity contribution is 1.76. The van der Waals surface area contributed by atoms with E-state index in [1.807, 2.05) is 0 Å². The van der Waals surface area contributed by atoms with Gasteiger partial charge in [0, 0.05) is 0 Å². The predicted molar refractivity (Wildman–Crippen MR) is 55.2 cm³/mol. The maximum Gasteiger partial charge on any atom is -0.0625 e. The van der Waals surface area contributed by atoms with Crippen molar-refractivity contribution in [3.63, 3.8) is 0 Å². The monoisotopic (exact) mass is 178 g/mol. The highest BCUT2D eigenvalue weighted by molar-refractivity contribution is 7.27. The van der Waals surface area contributed by atoms with Gasteiger partial charge in [0.05, 0.1) is 0 Å². The van der Waals surface area contributed by atoms with Crippen LogP contribution in [-0.2, 0) is 0 Å². The van der Waals surface area contributed by atoms with Gasteiger partial charge in [0.1, 0.15) is 0 Å². The van der Waals surface area contributed by atoms with Gasteiger partial charge in [0.2, 0.25) is 0 Å². The summed E-state index contributed by atoms with van der Waals surface area (Å²) in [5.41, 5.74) is 0. The SMILES string of the molecule is C[Si](C)(C)[Si-]c1ccccc1. The van der Waals surface area contributed by atoms with Gasteiger partial charge in [0.15, 0.2) is 0 Å². The average molecular weight is 178 g/mol. The van der Waals surface area contributed by atoms with Crippen molar-refractivity contribution in [2.45, 2.75) is 19.6 Å². The normalized spacial score (nSPS) is 11.2. The molecule has 0 saturated carbocycles. The van der Waals surface area contributed by atoms with Gasteiger partial charge >= 0.3 is 0 Å². The second-order valence-corrected chi connectivity index (χ2v) is 14.3. The summed E-state index contributed by atoms with van der Waals surface area (Å²) in [6, 6.07) is 10.8. The van der Waals surface area contributed by atoms with Crippen molar-refractivity contribution in [3.8, 4) is 0 Å². The summed E-state index contributed by atoms with van der Waals surface area (Å²) >= 11 is 0. The standard InChI is InChI=1S/C9H14Si2/c1-11(2,3)10-9-7-5-4-6-8-9/h4-8H,1-3H3/q-1. The van der Waals surface area contributed by atoms with E-state index in [4.69, 9.17) is 0 Å². The molecule has 0 spiro atoms. The summed E-state index contributed by atoms with van der Waals surface area (Å²) in [6.07, 6.45) is 0. The van der Waals surface area contributed by atoms with Crippen LogP contribution in [0.3, 0.4) is 0 Å². The predicted octanol–water partition coefficient (Wildman–Crippen LogP) is 1.85. The largest absolute Gasteiger partial charge is 0.434 e. The first kappa shape index (κ1) is 8.75. The Labute approximate surface area is 72.3 Å². The third-order valence-electron chi connectivity index (χ3n) is 1.29. The van der Waals surface area contributed by atoms with Crippen LogP contribution in [0.4, 0.5) is 0 Å². The maximum absolute atomic E-state index is 2.42. The summed E-state index contributed by atoms with van der Waals surface area (Å²) < 4.78 is 0. The highest BCUT2D eigenvalue weighted by Gasteiger charge is 1.96. The molecule has 0 amide bonds. The Hall–Kier alpha value is -0.346. The van der Waals surface area contributed by atoms with Crippen LogP contribution >= 0.6 is 0 Å². The molecule has 0 aliphatic heterocycles. The molecule has 0 heterocycles. The molecule has 1 aromatic rings. The van der Waals surface area contributed by atoms with Crippen molar-refractivity contribution >= 4 is 21.8 Å². The van der Waals surface area contributed by atoms with Gasteiger partial charge in [-0.1, -0.05) is 50.0 Å². The molecule has 0 N–H and O–H groups in total. The van der Waals surface area contributed by atoms with Crippen molar-refractivity contribution in [2.75, 3.05) is 0 Å². The summed E-state index contributed by atoms with van der Waals surface area (Å²) in [7, 11) is 0.182. The molecular formula is C9H14Si2-. The van der Waals surface area contributed by atoms with Gasteiger partial charge in [-0.05, 0) is 0 Å². The first-order valence-electron chi connectivity index (χ1n) is 3.91. The maximum atomic E-state index is 2.42. The molecule has 0 bridgehead atoms. The number of hydrogen-bond acceptors (Lipinski definition) is 0. The van der Waals surface area contributed by atoms with E-state index in [2.05, 4.69) is 50.0 Å². The van der Waals surface area contributed by atoms with Crippen LogP contribution in [0.25, 0.3) is 0 Å². The fourth-order valence-electron chi connectivity index (χ4n) is 0.954. The van der Waals surface area contributed by atoms with Gasteiger partial charge in [-0.15, -0.1) is 7.59 Å². The molecule has 0 aliphatic carbocycles. The van der Waals surface area contributed by atoms with Crippen molar-refractivity contribution in [2.24, 2.45) is 0 Å². The molecule has 0 aliphatic rings. The van der Waals surface area contributed by atoms with E-state index in [9.17, 15) is 0 Å². The van der Waals surface area contributed by atoms with Gasteiger partial charge in [-0.25, -0.2) is 5.19 Å². The second kappa shape index (κ2) is 3.37. The Morgan fingerprint density at radius 2 is 1.55 bits per heavy atom. The number of rotatable bonds is 2. The smallest absolute Gasteiger partial charge is 0.0625 e. The zero-order chi connectivity index (χ0) is 8.32. The van der Waals surface area contributed by atoms with Crippen molar-refractivity contribution < 1.29 is 0 Å². The molecule has 0 aromatic heterocycles. The molecule has 0 nitrogen and oxygen atoms in total. The molecule has 0 saturated heterocycles. The van der Waals surface area contributed by atoms with Crippen LogP contribution < -0.4 is 5.19 Å².